The zero-order chi connectivity index (χ0) is 30.3. The van der Waals surface area contributed by atoms with Crippen LogP contribution in [-0.2, 0) is 29.9 Å². The number of amides is 1. The maximum absolute atomic E-state index is 14.0. The number of allylic oxidation sites excluding steroid dienone is 1. The molecule has 0 heterocycles. The van der Waals surface area contributed by atoms with Crippen LogP contribution < -0.4 is 10.6 Å². The molecule has 0 aliphatic heterocycles. The Hall–Kier alpha value is -3.97. The van der Waals surface area contributed by atoms with Gasteiger partial charge >= 0.3 is 0 Å². The number of nitrogens with zero attached hydrogens (tertiary/aromatic N) is 1. The van der Waals surface area contributed by atoms with E-state index in [2.05, 4.69) is 22.8 Å². The van der Waals surface area contributed by atoms with E-state index in [0.29, 0.717) is 5.69 Å². The normalized spacial score (nSPS) is 18.3. The van der Waals surface area contributed by atoms with Crippen LogP contribution in [0.2, 0.25) is 0 Å². The van der Waals surface area contributed by atoms with Crippen molar-refractivity contribution in [3.63, 3.8) is 0 Å². The molecule has 2 N–H and O–H groups in total. The summed E-state index contributed by atoms with van der Waals surface area (Å²) in [4.78, 5) is 22.4. The fourth-order valence-corrected chi connectivity index (χ4v) is 7.45. The van der Waals surface area contributed by atoms with E-state index in [-0.39, 0.29) is 12.3 Å². The van der Waals surface area contributed by atoms with Gasteiger partial charge in [0, 0.05) is 35.6 Å². The van der Waals surface area contributed by atoms with Crippen molar-refractivity contribution in [2.75, 3.05) is 26.1 Å². The Morgan fingerprint density at radius 1 is 1.07 bits per heavy atom. The number of nitrogens with one attached hydrogen (secondary N) is 2. The Balaban J connectivity index is 1.50. The Bertz CT molecular complexity index is 1620. The van der Waals surface area contributed by atoms with E-state index >= 15 is 0 Å². The fourth-order valence-electron chi connectivity index (χ4n) is 4.58. The van der Waals surface area contributed by atoms with Crippen LogP contribution in [0.15, 0.2) is 107 Å². The molecule has 0 saturated carbocycles. The lowest BCUT2D eigenvalue weighted by molar-refractivity contribution is -0.387. The number of rotatable bonds is 12. The summed E-state index contributed by atoms with van der Waals surface area (Å²) in [5, 5.41) is 17.5. The summed E-state index contributed by atoms with van der Waals surface area (Å²) in [6, 6.07) is 19.8. The van der Waals surface area contributed by atoms with Gasteiger partial charge in [0.05, 0.1) is 24.6 Å². The van der Waals surface area contributed by atoms with Gasteiger partial charge in [-0.2, -0.15) is 0 Å². The minimum atomic E-state index is -4.55. The average molecular weight is 610 g/mol. The topological polar surface area (TPSA) is 137 Å². The summed E-state index contributed by atoms with van der Waals surface area (Å²) < 4.78 is 38.8. The molecule has 0 radical (unpaired) electrons. The zero-order valence-corrected chi connectivity index (χ0v) is 24.9. The van der Waals surface area contributed by atoms with Gasteiger partial charge in [0.2, 0.25) is 20.7 Å². The van der Waals surface area contributed by atoms with Crippen molar-refractivity contribution in [1.82, 2.24) is 5.32 Å². The number of benzene rings is 3. The number of thioether (sulfide) groups is 1. The second-order valence-electron chi connectivity index (χ2n) is 9.42. The number of hydrogen-bond acceptors (Lipinski definition) is 9. The summed E-state index contributed by atoms with van der Waals surface area (Å²) in [7, 11) is -2.00. The van der Waals surface area contributed by atoms with Gasteiger partial charge in [-0.25, -0.2) is 8.42 Å². The van der Waals surface area contributed by atoms with E-state index in [4.69, 9.17) is 9.47 Å². The summed E-state index contributed by atoms with van der Waals surface area (Å²) in [5.41, 5.74) is 2.02. The third-order valence-electron chi connectivity index (χ3n) is 6.75. The minimum absolute atomic E-state index is 0.183. The summed E-state index contributed by atoms with van der Waals surface area (Å²) >= 11 is 1.72. The number of para-hydroxylation sites is 1. The molecule has 2 atom stereocenters. The number of carbonyl (C=O) groups excluding carboxylic acids is 1. The van der Waals surface area contributed by atoms with Crippen LogP contribution in [0.25, 0.3) is 0 Å². The number of sulfone groups is 1. The van der Waals surface area contributed by atoms with Gasteiger partial charge in [-0.15, -0.1) is 11.8 Å². The van der Waals surface area contributed by atoms with E-state index < -0.39 is 42.2 Å². The Kier molecular flexibility index (Phi) is 9.84. The molecule has 4 rings (SSSR count). The van der Waals surface area contributed by atoms with Crippen LogP contribution in [0, 0.1) is 17.0 Å². The second-order valence-corrected chi connectivity index (χ2v) is 12.6. The van der Waals surface area contributed by atoms with Crippen molar-refractivity contribution in [1.29, 1.82) is 0 Å². The lowest BCUT2D eigenvalue weighted by Gasteiger charge is -2.37. The zero-order valence-electron chi connectivity index (χ0n) is 23.3. The van der Waals surface area contributed by atoms with E-state index in [0.717, 1.165) is 29.0 Å². The van der Waals surface area contributed by atoms with Gasteiger partial charge < -0.3 is 14.8 Å². The SMILES string of the molecule is COC1=CC(OC)(S(=O)(=O)c2ccccc2[N+](=O)[O-])C(NCC(=O)Nc2ccc(CSc3ccccc3)cc2C)C=C1. The molecule has 3 aromatic carbocycles. The summed E-state index contributed by atoms with van der Waals surface area (Å²) in [6.07, 6.45) is 4.27. The van der Waals surface area contributed by atoms with Crippen LogP contribution >= 0.6 is 11.8 Å². The first-order valence-corrected chi connectivity index (χ1v) is 15.4. The number of methoxy groups -OCH3 is 2. The first-order chi connectivity index (χ1) is 20.1. The molecular formula is C30H31N3O7S2. The molecular weight excluding hydrogens is 578 g/mol. The maximum Gasteiger partial charge on any atom is 0.288 e. The summed E-state index contributed by atoms with van der Waals surface area (Å²) in [5.74, 6) is 0.550. The lowest BCUT2D eigenvalue weighted by Crippen LogP contribution is -2.57. The quantitative estimate of drug-likeness (QED) is 0.165. The minimum Gasteiger partial charge on any atom is -0.497 e. The molecule has 42 heavy (non-hydrogen) atoms. The molecule has 1 aliphatic rings. The van der Waals surface area contributed by atoms with Crippen molar-refractivity contribution in [3.05, 3.63) is 118 Å². The van der Waals surface area contributed by atoms with Gasteiger partial charge in [0.25, 0.3) is 5.69 Å². The predicted octanol–water partition coefficient (Wildman–Crippen LogP) is 5.01. The Labute approximate surface area is 248 Å². The highest BCUT2D eigenvalue weighted by Crippen LogP contribution is 2.39. The van der Waals surface area contributed by atoms with Gasteiger partial charge in [-0.1, -0.05) is 48.5 Å². The molecule has 220 valence electrons. The van der Waals surface area contributed by atoms with Gasteiger partial charge in [0.15, 0.2) is 0 Å². The number of nitro groups is 1. The number of aryl methyl sites for hydroxylation is 1. The van der Waals surface area contributed by atoms with Crippen molar-refractivity contribution >= 4 is 38.9 Å². The average Bonchev–Trinajstić information content (AvgIpc) is 3.00. The number of hydrogen-bond donors (Lipinski definition) is 2. The van der Waals surface area contributed by atoms with Crippen molar-refractivity contribution in [3.8, 4) is 0 Å². The maximum atomic E-state index is 14.0. The number of carbonyl (C=O) groups is 1. The van der Waals surface area contributed by atoms with Crippen molar-refractivity contribution in [2.45, 2.75) is 33.4 Å². The molecule has 1 aliphatic carbocycles. The van der Waals surface area contributed by atoms with Crippen LogP contribution in [0.4, 0.5) is 11.4 Å². The predicted molar refractivity (Wildman–Crippen MR) is 162 cm³/mol. The van der Waals surface area contributed by atoms with Gasteiger partial charge in [-0.3, -0.25) is 20.2 Å². The third kappa shape index (κ3) is 6.57. The lowest BCUT2D eigenvalue weighted by atomic mass is 10.0. The molecule has 0 aromatic heterocycles. The molecule has 0 saturated heterocycles. The molecule has 1 amide bonds. The standard InChI is InChI=1S/C30H31N3O7S2/c1-21-17-22(20-41-24-9-5-4-6-10-24)13-15-25(21)32-29(34)19-31-28-16-14-23(39-2)18-30(28,40-3)42(37,38)27-12-8-7-11-26(27)33(35)36/h4-18,28,31H,19-20H2,1-3H3,(H,32,34). The highest BCUT2D eigenvalue weighted by molar-refractivity contribution is 7.98. The first kappa shape index (κ1) is 31.0. The molecule has 3 aromatic rings. The summed E-state index contributed by atoms with van der Waals surface area (Å²) in [6.45, 7) is 1.63. The van der Waals surface area contributed by atoms with Crippen LogP contribution in [0.5, 0.6) is 0 Å². The van der Waals surface area contributed by atoms with E-state index in [1.165, 1.54) is 49.5 Å². The molecule has 0 spiro atoms. The fraction of sp³-hybridized carbons (Fsp3) is 0.233. The van der Waals surface area contributed by atoms with Crippen LogP contribution in [0.3, 0.4) is 0 Å². The number of ether oxygens (including phenoxy) is 2. The van der Waals surface area contributed by atoms with E-state index in [9.17, 15) is 23.3 Å². The first-order valence-electron chi connectivity index (χ1n) is 12.9. The van der Waals surface area contributed by atoms with Crippen LogP contribution in [-0.4, -0.2) is 51.0 Å². The molecule has 12 heteroatoms. The molecule has 0 bridgehead atoms. The number of nitro benzene ring substituents is 1. The highest BCUT2D eigenvalue weighted by Gasteiger charge is 2.53. The molecule has 10 nitrogen and oxygen atoms in total. The highest BCUT2D eigenvalue weighted by atomic mass is 32.2. The monoisotopic (exact) mass is 609 g/mol. The Morgan fingerprint density at radius 3 is 2.45 bits per heavy atom. The van der Waals surface area contributed by atoms with E-state index in [1.807, 2.05) is 43.3 Å². The molecule has 2 unspecified atom stereocenters. The van der Waals surface area contributed by atoms with Gasteiger partial charge in [0.1, 0.15) is 10.7 Å². The number of anilines is 1. The van der Waals surface area contributed by atoms with Gasteiger partial charge in [-0.05, 0) is 48.4 Å². The van der Waals surface area contributed by atoms with E-state index in [1.54, 1.807) is 11.8 Å². The molecule has 0 fully saturated rings. The second kappa shape index (κ2) is 13.3. The smallest absolute Gasteiger partial charge is 0.288 e. The Morgan fingerprint density at radius 2 is 1.79 bits per heavy atom. The van der Waals surface area contributed by atoms with Crippen molar-refractivity contribution in [2.24, 2.45) is 0 Å². The third-order valence-corrected chi connectivity index (χ3v) is 10.1. The van der Waals surface area contributed by atoms with Crippen molar-refractivity contribution < 1.29 is 27.6 Å². The van der Waals surface area contributed by atoms with Crippen LogP contribution in [0.1, 0.15) is 11.1 Å². The largest absolute Gasteiger partial charge is 0.497 e.